The molecule has 0 unspecified atom stereocenters. The highest BCUT2D eigenvalue weighted by atomic mass is 19.1. The summed E-state index contributed by atoms with van der Waals surface area (Å²) in [5, 5.41) is 0. The number of carbonyl (C=O) groups is 1. The molecule has 0 spiro atoms. The fourth-order valence-electron chi connectivity index (χ4n) is 3.06. The van der Waals surface area contributed by atoms with E-state index >= 15 is 0 Å². The lowest BCUT2D eigenvalue weighted by atomic mass is 9.95. The van der Waals surface area contributed by atoms with Crippen LogP contribution in [0.5, 0.6) is 17.2 Å². The number of rotatable bonds is 3. The Bertz CT molecular complexity index is 783. The van der Waals surface area contributed by atoms with Crippen LogP contribution in [0.1, 0.15) is 22.3 Å². The van der Waals surface area contributed by atoms with Gasteiger partial charge in [-0.1, -0.05) is 6.07 Å². The van der Waals surface area contributed by atoms with Gasteiger partial charge in [0.25, 0.3) is 0 Å². The Kier molecular flexibility index (Phi) is 3.94. The SMILES string of the molecule is COc1cc2c(c(OC)c1OC)CCC(=O)c1cc(F)ccc1-2. The maximum atomic E-state index is 13.6. The smallest absolute Gasteiger partial charge is 0.203 e. The van der Waals surface area contributed by atoms with E-state index < -0.39 is 5.82 Å². The van der Waals surface area contributed by atoms with Gasteiger partial charge in [-0.25, -0.2) is 4.39 Å². The van der Waals surface area contributed by atoms with Crippen LogP contribution >= 0.6 is 0 Å². The first-order valence-corrected chi connectivity index (χ1v) is 7.25. The summed E-state index contributed by atoms with van der Waals surface area (Å²) in [6, 6.07) is 6.07. The zero-order valence-electron chi connectivity index (χ0n) is 13.2. The van der Waals surface area contributed by atoms with Gasteiger partial charge in [-0.3, -0.25) is 4.79 Å². The molecule has 3 rings (SSSR count). The third-order valence-electron chi connectivity index (χ3n) is 4.11. The van der Waals surface area contributed by atoms with E-state index in [0.29, 0.717) is 34.8 Å². The Morgan fingerprint density at radius 1 is 0.870 bits per heavy atom. The van der Waals surface area contributed by atoms with Crippen LogP contribution in [0.2, 0.25) is 0 Å². The van der Waals surface area contributed by atoms with Crippen molar-refractivity contribution in [3.63, 3.8) is 0 Å². The molecule has 0 fully saturated rings. The van der Waals surface area contributed by atoms with E-state index in [1.54, 1.807) is 13.2 Å². The highest BCUT2D eigenvalue weighted by Crippen LogP contribution is 2.47. The molecular formula is C18H17FO4. The molecule has 2 aromatic rings. The summed E-state index contributed by atoms with van der Waals surface area (Å²) in [4.78, 5) is 12.4. The van der Waals surface area contributed by atoms with Crippen molar-refractivity contribution in [2.24, 2.45) is 0 Å². The molecule has 2 aromatic carbocycles. The Balaban J connectivity index is 2.36. The van der Waals surface area contributed by atoms with Crippen LogP contribution in [0.25, 0.3) is 11.1 Å². The van der Waals surface area contributed by atoms with Crippen LogP contribution in [0, 0.1) is 5.82 Å². The van der Waals surface area contributed by atoms with Crippen molar-refractivity contribution in [3.05, 3.63) is 41.2 Å². The molecule has 0 saturated heterocycles. The number of Topliss-reactive ketones (excluding diaryl/α,β-unsaturated/α-hetero) is 1. The van der Waals surface area contributed by atoms with Gasteiger partial charge in [-0.15, -0.1) is 0 Å². The summed E-state index contributed by atoms with van der Waals surface area (Å²) in [6.07, 6.45) is 0.781. The molecule has 4 nitrogen and oxygen atoms in total. The first-order valence-electron chi connectivity index (χ1n) is 7.25. The lowest BCUT2D eigenvalue weighted by Gasteiger charge is -2.19. The van der Waals surface area contributed by atoms with E-state index in [1.165, 1.54) is 26.4 Å². The van der Waals surface area contributed by atoms with Crippen molar-refractivity contribution in [1.82, 2.24) is 0 Å². The molecule has 0 heterocycles. The van der Waals surface area contributed by atoms with Crippen LogP contribution in [-0.4, -0.2) is 27.1 Å². The minimum absolute atomic E-state index is 0.0873. The predicted octanol–water partition coefficient (Wildman–Crippen LogP) is 3.65. The lowest BCUT2D eigenvalue weighted by Crippen LogP contribution is -2.01. The predicted molar refractivity (Wildman–Crippen MR) is 84.1 cm³/mol. The maximum Gasteiger partial charge on any atom is 0.203 e. The molecular weight excluding hydrogens is 299 g/mol. The zero-order valence-corrected chi connectivity index (χ0v) is 13.2. The summed E-state index contributed by atoms with van der Waals surface area (Å²) >= 11 is 0. The minimum atomic E-state index is -0.423. The van der Waals surface area contributed by atoms with Gasteiger partial charge in [0.05, 0.1) is 21.3 Å². The topological polar surface area (TPSA) is 44.8 Å². The molecule has 1 aliphatic carbocycles. The second kappa shape index (κ2) is 5.91. The number of ether oxygens (including phenoxy) is 3. The van der Waals surface area contributed by atoms with Crippen LogP contribution in [0.3, 0.4) is 0 Å². The molecule has 0 aromatic heterocycles. The number of benzene rings is 2. The van der Waals surface area contributed by atoms with E-state index in [4.69, 9.17) is 14.2 Å². The van der Waals surface area contributed by atoms with Crippen molar-refractivity contribution in [2.45, 2.75) is 12.8 Å². The number of halogens is 1. The largest absolute Gasteiger partial charge is 0.493 e. The first-order chi connectivity index (χ1) is 11.1. The van der Waals surface area contributed by atoms with Gasteiger partial charge in [0.15, 0.2) is 17.3 Å². The zero-order chi connectivity index (χ0) is 16.6. The summed E-state index contributed by atoms with van der Waals surface area (Å²) in [5.74, 6) is 1.04. The second-order valence-corrected chi connectivity index (χ2v) is 5.28. The van der Waals surface area contributed by atoms with Crippen molar-refractivity contribution in [1.29, 1.82) is 0 Å². The minimum Gasteiger partial charge on any atom is -0.493 e. The van der Waals surface area contributed by atoms with E-state index in [9.17, 15) is 9.18 Å². The van der Waals surface area contributed by atoms with Crippen molar-refractivity contribution in [2.75, 3.05) is 21.3 Å². The molecule has 23 heavy (non-hydrogen) atoms. The number of carbonyl (C=O) groups excluding carboxylic acids is 1. The Morgan fingerprint density at radius 3 is 2.26 bits per heavy atom. The molecule has 0 N–H and O–H groups in total. The molecule has 0 atom stereocenters. The number of methoxy groups -OCH3 is 3. The van der Waals surface area contributed by atoms with Crippen LogP contribution in [0.15, 0.2) is 24.3 Å². The maximum absolute atomic E-state index is 13.6. The number of hydrogen-bond acceptors (Lipinski definition) is 4. The Hall–Kier alpha value is -2.56. The monoisotopic (exact) mass is 316 g/mol. The van der Waals surface area contributed by atoms with E-state index in [-0.39, 0.29) is 12.2 Å². The van der Waals surface area contributed by atoms with Crippen LogP contribution in [-0.2, 0) is 6.42 Å². The summed E-state index contributed by atoms with van der Waals surface area (Å²) < 4.78 is 29.9. The fraction of sp³-hybridized carbons (Fsp3) is 0.278. The van der Waals surface area contributed by atoms with Crippen molar-refractivity contribution < 1.29 is 23.4 Å². The third kappa shape index (κ3) is 2.42. The standard InChI is InChI=1S/C18H17FO4/c1-21-16-9-13-11-5-4-10(19)8-14(11)15(20)7-6-12(13)17(22-2)18(16)23-3/h4-5,8-9H,6-7H2,1-3H3. The van der Waals surface area contributed by atoms with Crippen LogP contribution in [0.4, 0.5) is 4.39 Å². The average Bonchev–Trinajstić information content (AvgIpc) is 2.70. The van der Waals surface area contributed by atoms with Gasteiger partial charge in [-0.05, 0) is 35.7 Å². The second-order valence-electron chi connectivity index (χ2n) is 5.28. The third-order valence-corrected chi connectivity index (χ3v) is 4.11. The van der Waals surface area contributed by atoms with Gasteiger partial charge >= 0.3 is 0 Å². The number of hydrogen-bond donors (Lipinski definition) is 0. The van der Waals surface area contributed by atoms with Crippen molar-refractivity contribution >= 4 is 5.78 Å². The molecule has 0 amide bonds. The molecule has 120 valence electrons. The number of ketones is 1. The van der Waals surface area contributed by atoms with E-state index in [1.807, 2.05) is 6.07 Å². The number of fused-ring (bicyclic) bond motifs is 3. The highest BCUT2D eigenvalue weighted by molar-refractivity contribution is 6.04. The van der Waals surface area contributed by atoms with Gasteiger partial charge in [0.1, 0.15) is 5.82 Å². The molecule has 0 aliphatic heterocycles. The van der Waals surface area contributed by atoms with Crippen molar-refractivity contribution in [3.8, 4) is 28.4 Å². The van der Waals surface area contributed by atoms with E-state index in [2.05, 4.69) is 0 Å². The average molecular weight is 316 g/mol. The Morgan fingerprint density at radius 2 is 1.61 bits per heavy atom. The highest BCUT2D eigenvalue weighted by Gasteiger charge is 2.27. The Labute approximate surface area is 133 Å². The normalized spacial score (nSPS) is 13.0. The quantitative estimate of drug-likeness (QED) is 0.867. The molecule has 0 saturated carbocycles. The molecule has 0 radical (unpaired) electrons. The first kappa shape index (κ1) is 15.3. The van der Waals surface area contributed by atoms with Gasteiger partial charge in [0.2, 0.25) is 5.75 Å². The fourth-order valence-corrected chi connectivity index (χ4v) is 3.06. The lowest BCUT2D eigenvalue weighted by molar-refractivity contribution is 0.0984. The van der Waals surface area contributed by atoms with Crippen LogP contribution < -0.4 is 14.2 Å². The molecule has 5 heteroatoms. The molecule has 0 bridgehead atoms. The summed E-state index contributed by atoms with van der Waals surface area (Å²) in [7, 11) is 4.63. The van der Waals surface area contributed by atoms with E-state index in [0.717, 1.165) is 11.1 Å². The van der Waals surface area contributed by atoms with Gasteiger partial charge in [-0.2, -0.15) is 0 Å². The van der Waals surface area contributed by atoms with Gasteiger partial charge in [0, 0.05) is 17.5 Å². The van der Waals surface area contributed by atoms with Gasteiger partial charge < -0.3 is 14.2 Å². The molecule has 1 aliphatic rings. The summed E-state index contributed by atoms with van der Waals surface area (Å²) in [6.45, 7) is 0. The summed E-state index contributed by atoms with van der Waals surface area (Å²) in [5.41, 5.74) is 2.74.